The fourth-order valence-corrected chi connectivity index (χ4v) is 2.24. The Morgan fingerprint density at radius 3 is 2.94 bits per heavy atom. The quantitative estimate of drug-likeness (QED) is 0.620. The lowest BCUT2D eigenvalue weighted by molar-refractivity contribution is -0.385. The van der Waals surface area contributed by atoms with Crippen molar-refractivity contribution in [3.8, 4) is 0 Å². The van der Waals surface area contributed by atoms with Crippen molar-refractivity contribution in [2.24, 2.45) is 5.92 Å². The number of nitro benzene ring substituents is 1. The molecule has 5 heteroatoms. The molecular formula is C13H18N2O3. The first-order valence-electron chi connectivity index (χ1n) is 6.18. The van der Waals surface area contributed by atoms with E-state index in [0.717, 1.165) is 24.9 Å². The predicted octanol–water partition coefficient (Wildman–Crippen LogP) is 2.11. The molecule has 0 aliphatic heterocycles. The van der Waals surface area contributed by atoms with Gasteiger partial charge in [-0.15, -0.1) is 0 Å². The lowest BCUT2D eigenvalue weighted by atomic mass is 9.82. The molecule has 18 heavy (non-hydrogen) atoms. The number of benzene rings is 1. The van der Waals surface area contributed by atoms with E-state index in [2.05, 4.69) is 5.32 Å². The Balaban J connectivity index is 1.77. The van der Waals surface area contributed by atoms with Crippen molar-refractivity contribution in [1.29, 1.82) is 0 Å². The van der Waals surface area contributed by atoms with E-state index in [0.29, 0.717) is 18.6 Å². The van der Waals surface area contributed by atoms with Crippen LogP contribution in [0.1, 0.15) is 18.4 Å². The molecule has 0 atom stereocenters. The number of hydrogen-bond acceptors (Lipinski definition) is 4. The largest absolute Gasteiger partial charge is 0.374 e. The molecule has 1 aliphatic carbocycles. The molecule has 0 radical (unpaired) electrons. The van der Waals surface area contributed by atoms with E-state index < -0.39 is 0 Å². The third-order valence-electron chi connectivity index (χ3n) is 3.29. The zero-order chi connectivity index (χ0) is 13.0. The maximum Gasteiger partial charge on any atom is 0.269 e. The Morgan fingerprint density at radius 1 is 1.50 bits per heavy atom. The van der Waals surface area contributed by atoms with E-state index >= 15 is 0 Å². The SMILES string of the molecule is CNCC1CC(OCc2cccc([N+](=O)[O-])c2)C1. The van der Waals surface area contributed by atoms with Gasteiger partial charge in [0.05, 0.1) is 17.6 Å². The van der Waals surface area contributed by atoms with Gasteiger partial charge in [0, 0.05) is 12.1 Å². The Kier molecular flexibility index (Phi) is 4.28. The van der Waals surface area contributed by atoms with Crippen molar-refractivity contribution < 1.29 is 9.66 Å². The van der Waals surface area contributed by atoms with Crippen LogP contribution >= 0.6 is 0 Å². The smallest absolute Gasteiger partial charge is 0.269 e. The molecule has 0 saturated heterocycles. The van der Waals surface area contributed by atoms with Gasteiger partial charge in [-0.2, -0.15) is 0 Å². The lowest BCUT2D eigenvalue weighted by Crippen LogP contribution is -2.36. The normalized spacial score (nSPS) is 22.5. The van der Waals surface area contributed by atoms with Crippen LogP contribution in [0.5, 0.6) is 0 Å². The number of nitrogens with one attached hydrogen (secondary N) is 1. The maximum absolute atomic E-state index is 10.6. The van der Waals surface area contributed by atoms with Crippen LogP contribution in [-0.4, -0.2) is 24.6 Å². The molecule has 1 aromatic carbocycles. The molecule has 98 valence electrons. The first kappa shape index (κ1) is 13.0. The number of hydrogen-bond donors (Lipinski definition) is 1. The Labute approximate surface area is 106 Å². The van der Waals surface area contributed by atoms with Crippen LogP contribution in [0.3, 0.4) is 0 Å². The number of non-ortho nitro benzene ring substituents is 1. The summed E-state index contributed by atoms with van der Waals surface area (Å²) in [6.07, 6.45) is 2.47. The third-order valence-corrected chi connectivity index (χ3v) is 3.29. The van der Waals surface area contributed by atoms with Crippen LogP contribution in [0.15, 0.2) is 24.3 Å². The monoisotopic (exact) mass is 250 g/mol. The molecule has 1 N–H and O–H groups in total. The Bertz CT molecular complexity index is 416. The van der Waals surface area contributed by atoms with Crippen molar-refractivity contribution in [3.05, 3.63) is 39.9 Å². The molecule has 1 saturated carbocycles. The van der Waals surface area contributed by atoms with Crippen LogP contribution in [0.25, 0.3) is 0 Å². The van der Waals surface area contributed by atoms with Gasteiger partial charge in [-0.25, -0.2) is 0 Å². The third kappa shape index (κ3) is 3.27. The van der Waals surface area contributed by atoms with Gasteiger partial charge in [0.25, 0.3) is 5.69 Å². The zero-order valence-electron chi connectivity index (χ0n) is 10.5. The molecule has 1 fully saturated rings. The second-order valence-corrected chi connectivity index (χ2v) is 4.76. The van der Waals surface area contributed by atoms with Gasteiger partial charge in [-0.1, -0.05) is 12.1 Å². The average molecular weight is 250 g/mol. The summed E-state index contributed by atoms with van der Waals surface area (Å²) in [6.45, 7) is 1.50. The summed E-state index contributed by atoms with van der Waals surface area (Å²) in [7, 11) is 1.96. The van der Waals surface area contributed by atoms with Crippen LogP contribution in [0, 0.1) is 16.0 Å². The topological polar surface area (TPSA) is 64.4 Å². The van der Waals surface area contributed by atoms with Gasteiger partial charge in [0.1, 0.15) is 0 Å². The Morgan fingerprint density at radius 2 is 2.28 bits per heavy atom. The molecular weight excluding hydrogens is 232 g/mol. The van der Waals surface area contributed by atoms with E-state index in [1.807, 2.05) is 13.1 Å². The van der Waals surface area contributed by atoms with Crippen molar-refractivity contribution >= 4 is 5.69 Å². The van der Waals surface area contributed by atoms with E-state index in [1.165, 1.54) is 6.07 Å². The average Bonchev–Trinajstić information content (AvgIpc) is 2.32. The minimum atomic E-state index is -0.379. The van der Waals surface area contributed by atoms with E-state index in [1.54, 1.807) is 12.1 Å². The summed E-state index contributed by atoms with van der Waals surface area (Å²) in [5.41, 5.74) is 0.985. The summed E-state index contributed by atoms with van der Waals surface area (Å²) in [5, 5.41) is 13.8. The van der Waals surface area contributed by atoms with Gasteiger partial charge in [-0.3, -0.25) is 10.1 Å². The molecule has 0 bridgehead atoms. The highest BCUT2D eigenvalue weighted by atomic mass is 16.6. The number of ether oxygens (including phenoxy) is 1. The lowest BCUT2D eigenvalue weighted by Gasteiger charge is -2.35. The van der Waals surface area contributed by atoms with Crippen molar-refractivity contribution in [1.82, 2.24) is 5.32 Å². The van der Waals surface area contributed by atoms with Crippen LogP contribution < -0.4 is 5.32 Å². The van der Waals surface area contributed by atoms with Gasteiger partial charge in [0.15, 0.2) is 0 Å². The second-order valence-electron chi connectivity index (χ2n) is 4.76. The Hall–Kier alpha value is -1.46. The van der Waals surface area contributed by atoms with Gasteiger partial charge >= 0.3 is 0 Å². The summed E-state index contributed by atoms with van der Waals surface area (Å²) in [6, 6.07) is 6.62. The minimum Gasteiger partial charge on any atom is -0.374 e. The summed E-state index contributed by atoms with van der Waals surface area (Å²) >= 11 is 0. The van der Waals surface area contributed by atoms with Crippen molar-refractivity contribution in [3.63, 3.8) is 0 Å². The molecule has 1 aliphatic rings. The maximum atomic E-state index is 10.6. The molecule has 0 unspecified atom stereocenters. The minimum absolute atomic E-state index is 0.123. The second kappa shape index (κ2) is 5.93. The highest BCUT2D eigenvalue weighted by molar-refractivity contribution is 5.33. The van der Waals surface area contributed by atoms with Crippen LogP contribution in [0.2, 0.25) is 0 Å². The van der Waals surface area contributed by atoms with Gasteiger partial charge < -0.3 is 10.1 Å². The zero-order valence-corrected chi connectivity index (χ0v) is 10.5. The molecule has 0 spiro atoms. The van der Waals surface area contributed by atoms with Crippen molar-refractivity contribution in [2.75, 3.05) is 13.6 Å². The molecule has 1 aromatic rings. The molecule has 0 amide bonds. The number of nitro groups is 1. The van der Waals surface area contributed by atoms with E-state index in [9.17, 15) is 10.1 Å². The number of nitrogens with zero attached hydrogens (tertiary/aromatic N) is 1. The van der Waals surface area contributed by atoms with Crippen LogP contribution in [-0.2, 0) is 11.3 Å². The molecule has 0 aromatic heterocycles. The summed E-state index contributed by atoms with van der Waals surface area (Å²) in [4.78, 5) is 10.3. The fourth-order valence-electron chi connectivity index (χ4n) is 2.24. The van der Waals surface area contributed by atoms with E-state index in [-0.39, 0.29) is 10.6 Å². The molecule has 5 nitrogen and oxygen atoms in total. The van der Waals surface area contributed by atoms with E-state index in [4.69, 9.17) is 4.74 Å². The standard InChI is InChI=1S/C13H18N2O3/c1-14-8-11-6-13(7-11)18-9-10-3-2-4-12(5-10)15(16)17/h2-5,11,13-14H,6-9H2,1H3. The first-order chi connectivity index (χ1) is 8.69. The highest BCUT2D eigenvalue weighted by Crippen LogP contribution is 2.30. The first-order valence-corrected chi connectivity index (χ1v) is 6.18. The van der Waals surface area contributed by atoms with Crippen LogP contribution in [0.4, 0.5) is 5.69 Å². The summed E-state index contributed by atoms with van der Waals surface area (Å²) < 4.78 is 5.72. The van der Waals surface area contributed by atoms with Crippen molar-refractivity contribution in [2.45, 2.75) is 25.6 Å². The molecule has 2 rings (SSSR count). The predicted molar refractivity (Wildman–Crippen MR) is 68.3 cm³/mol. The molecule has 0 heterocycles. The van der Waals surface area contributed by atoms with Gasteiger partial charge in [0.2, 0.25) is 0 Å². The fraction of sp³-hybridized carbons (Fsp3) is 0.538. The highest BCUT2D eigenvalue weighted by Gasteiger charge is 2.29. The summed E-state index contributed by atoms with van der Waals surface area (Å²) in [5.74, 6) is 0.713. The van der Waals surface area contributed by atoms with Gasteiger partial charge in [-0.05, 0) is 37.9 Å². The number of rotatable bonds is 6.